The summed E-state index contributed by atoms with van der Waals surface area (Å²) in [6.45, 7) is 2.66. The van der Waals surface area contributed by atoms with Crippen molar-refractivity contribution in [2.75, 3.05) is 6.54 Å². The summed E-state index contributed by atoms with van der Waals surface area (Å²) in [5.41, 5.74) is 2.73. The van der Waals surface area contributed by atoms with Crippen LogP contribution in [-0.4, -0.2) is 16.7 Å². The lowest BCUT2D eigenvalue weighted by Crippen LogP contribution is -2.22. The first-order valence-corrected chi connectivity index (χ1v) is 6.91. The third-order valence-corrected chi connectivity index (χ3v) is 3.73. The summed E-state index contributed by atoms with van der Waals surface area (Å²) in [6, 6.07) is 6.57. The topological polar surface area (TPSA) is 51.0 Å². The standard InChI is InChI=1S/C14H16ClN3O/c1-9-17-14(18-19-9)6-7-16-13-5-2-10-8-11(15)3-4-12(10)13/h3-4,8,13,16H,2,5-7H2,1H3. The van der Waals surface area contributed by atoms with Gasteiger partial charge >= 0.3 is 0 Å². The highest BCUT2D eigenvalue weighted by Gasteiger charge is 2.21. The Morgan fingerprint density at radius 2 is 2.37 bits per heavy atom. The van der Waals surface area contributed by atoms with Gasteiger partial charge < -0.3 is 9.84 Å². The van der Waals surface area contributed by atoms with E-state index in [-0.39, 0.29) is 0 Å². The molecule has 1 heterocycles. The van der Waals surface area contributed by atoms with Gasteiger partial charge in [0, 0.05) is 31.0 Å². The summed E-state index contributed by atoms with van der Waals surface area (Å²) in [4.78, 5) is 4.20. The molecule has 0 aliphatic heterocycles. The molecule has 0 radical (unpaired) electrons. The first kappa shape index (κ1) is 12.6. The number of hydrogen-bond acceptors (Lipinski definition) is 4. The summed E-state index contributed by atoms with van der Waals surface area (Å²) in [5.74, 6) is 1.38. The van der Waals surface area contributed by atoms with Crippen molar-refractivity contribution in [3.05, 3.63) is 46.1 Å². The van der Waals surface area contributed by atoms with Gasteiger partial charge in [-0.2, -0.15) is 4.98 Å². The van der Waals surface area contributed by atoms with Crippen molar-refractivity contribution in [3.63, 3.8) is 0 Å². The van der Waals surface area contributed by atoms with E-state index in [1.165, 1.54) is 11.1 Å². The highest BCUT2D eigenvalue weighted by atomic mass is 35.5. The first-order valence-electron chi connectivity index (χ1n) is 6.53. The molecule has 3 rings (SSSR count). The van der Waals surface area contributed by atoms with Crippen LogP contribution in [0.3, 0.4) is 0 Å². The highest BCUT2D eigenvalue weighted by Crippen LogP contribution is 2.32. The van der Waals surface area contributed by atoms with Crippen LogP contribution in [0.15, 0.2) is 22.7 Å². The summed E-state index contributed by atoms with van der Waals surface area (Å²) in [7, 11) is 0. The molecule has 0 saturated heterocycles. The van der Waals surface area contributed by atoms with E-state index < -0.39 is 0 Å². The highest BCUT2D eigenvalue weighted by molar-refractivity contribution is 6.30. The van der Waals surface area contributed by atoms with Gasteiger partial charge in [-0.3, -0.25) is 0 Å². The number of hydrogen-bond donors (Lipinski definition) is 1. The van der Waals surface area contributed by atoms with Crippen molar-refractivity contribution >= 4 is 11.6 Å². The number of rotatable bonds is 4. The molecule has 1 unspecified atom stereocenters. The first-order chi connectivity index (χ1) is 9.22. The molecule has 0 amide bonds. The van der Waals surface area contributed by atoms with Crippen LogP contribution >= 0.6 is 11.6 Å². The summed E-state index contributed by atoms with van der Waals surface area (Å²) in [6.07, 6.45) is 3.01. The van der Waals surface area contributed by atoms with E-state index >= 15 is 0 Å². The molecule has 1 aliphatic rings. The van der Waals surface area contributed by atoms with E-state index in [1.54, 1.807) is 6.92 Å². The Balaban J connectivity index is 1.58. The Kier molecular flexibility index (Phi) is 3.53. The van der Waals surface area contributed by atoms with E-state index in [0.717, 1.165) is 36.7 Å². The molecule has 0 saturated carbocycles. The number of fused-ring (bicyclic) bond motifs is 1. The fraction of sp³-hybridized carbons (Fsp3) is 0.429. The maximum atomic E-state index is 6.01. The average Bonchev–Trinajstić information content (AvgIpc) is 2.96. The van der Waals surface area contributed by atoms with Crippen LogP contribution in [0.2, 0.25) is 5.02 Å². The van der Waals surface area contributed by atoms with Gasteiger partial charge in [0.25, 0.3) is 0 Å². The molecule has 5 heteroatoms. The number of aromatic nitrogens is 2. The lowest BCUT2D eigenvalue weighted by Gasteiger charge is -2.13. The Morgan fingerprint density at radius 1 is 1.47 bits per heavy atom. The van der Waals surface area contributed by atoms with Crippen molar-refractivity contribution in [2.45, 2.75) is 32.2 Å². The van der Waals surface area contributed by atoms with Crippen molar-refractivity contribution < 1.29 is 4.52 Å². The van der Waals surface area contributed by atoms with Crippen molar-refractivity contribution in [3.8, 4) is 0 Å². The molecular weight excluding hydrogens is 262 g/mol. The molecule has 1 aromatic heterocycles. The van der Waals surface area contributed by atoms with Gasteiger partial charge in [0.05, 0.1) is 0 Å². The predicted octanol–water partition coefficient (Wildman–Crippen LogP) is 2.85. The zero-order chi connectivity index (χ0) is 13.2. The smallest absolute Gasteiger partial charge is 0.223 e. The summed E-state index contributed by atoms with van der Waals surface area (Å²) in [5, 5.41) is 8.26. The summed E-state index contributed by atoms with van der Waals surface area (Å²) >= 11 is 6.01. The van der Waals surface area contributed by atoms with Gasteiger partial charge in [-0.25, -0.2) is 0 Å². The Labute approximate surface area is 117 Å². The zero-order valence-electron chi connectivity index (χ0n) is 10.8. The van der Waals surface area contributed by atoms with Gasteiger partial charge in [-0.05, 0) is 36.1 Å². The van der Waals surface area contributed by atoms with Gasteiger partial charge in [-0.1, -0.05) is 22.8 Å². The lowest BCUT2D eigenvalue weighted by molar-refractivity contribution is 0.386. The van der Waals surface area contributed by atoms with Crippen LogP contribution in [0.4, 0.5) is 0 Å². The van der Waals surface area contributed by atoms with Gasteiger partial charge in [0.1, 0.15) is 0 Å². The second-order valence-electron chi connectivity index (χ2n) is 4.87. The molecule has 100 valence electrons. The van der Waals surface area contributed by atoms with Crippen LogP contribution in [0.5, 0.6) is 0 Å². The fourth-order valence-electron chi connectivity index (χ4n) is 2.60. The molecular formula is C14H16ClN3O. The van der Waals surface area contributed by atoms with Crippen LogP contribution in [0, 0.1) is 6.92 Å². The normalized spacial score (nSPS) is 17.7. The fourth-order valence-corrected chi connectivity index (χ4v) is 2.79. The van der Waals surface area contributed by atoms with Gasteiger partial charge in [0.15, 0.2) is 5.82 Å². The van der Waals surface area contributed by atoms with Crippen LogP contribution < -0.4 is 5.32 Å². The maximum absolute atomic E-state index is 6.01. The minimum absolute atomic E-state index is 0.417. The molecule has 2 aromatic rings. The maximum Gasteiger partial charge on any atom is 0.223 e. The van der Waals surface area contributed by atoms with Crippen molar-refractivity contribution in [2.24, 2.45) is 0 Å². The number of nitrogens with one attached hydrogen (secondary N) is 1. The van der Waals surface area contributed by atoms with Gasteiger partial charge in [0.2, 0.25) is 5.89 Å². The van der Waals surface area contributed by atoms with E-state index in [0.29, 0.717) is 11.9 Å². The molecule has 0 spiro atoms. The van der Waals surface area contributed by atoms with Gasteiger partial charge in [-0.15, -0.1) is 0 Å². The molecule has 1 aliphatic carbocycles. The van der Waals surface area contributed by atoms with E-state index in [4.69, 9.17) is 16.1 Å². The zero-order valence-corrected chi connectivity index (χ0v) is 11.6. The largest absolute Gasteiger partial charge is 0.340 e. The van der Waals surface area contributed by atoms with E-state index in [2.05, 4.69) is 27.6 Å². The minimum Gasteiger partial charge on any atom is -0.340 e. The van der Waals surface area contributed by atoms with E-state index in [1.807, 2.05) is 6.07 Å². The number of aryl methyl sites for hydroxylation is 2. The predicted molar refractivity (Wildman–Crippen MR) is 73.3 cm³/mol. The number of benzene rings is 1. The molecule has 1 atom stereocenters. The third-order valence-electron chi connectivity index (χ3n) is 3.49. The second-order valence-corrected chi connectivity index (χ2v) is 5.30. The summed E-state index contributed by atoms with van der Waals surface area (Å²) < 4.78 is 4.95. The molecule has 0 bridgehead atoms. The molecule has 0 fully saturated rings. The SMILES string of the molecule is Cc1nc(CCNC2CCc3cc(Cl)ccc32)no1. The minimum atomic E-state index is 0.417. The number of nitrogens with zero attached hydrogens (tertiary/aromatic N) is 2. The van der Waals surface area contributed by atoms with E-state index in [9.17, 15) is 0 Å². The Morgan fingerprint density at radius 3 is 3.16 bits per heavy atom. The average molecular weight is 278 g/mol. The Hall–Kier alpha value is -1.39. The van der Waals surface area contributed by atoms with Crippen LogP contribution in [0.25, 0.3) is 0 Å². The quantitative estimate of drug-likeness (QED) is 0.934. The molecule has 4 nitrogen and oxygen atoms in total. The van der Waals surface area contributed by atoms with Crippen molar-refractivity contribution in [1.29, 1.82) is 0 Å². The molecule has 1 N–H and O–H groups in total. The lowest BCUT2D eigenvalue weighted by atomic mass is 10.1. The Bertz CT molecular complexity index is 582. The second kappa shape index (κ2) is 5.31. The number of halogens is 1. The molecule has 1 aromatic carbocycles. The van der Waals surface area contributed by atoms with Crippen LogP contribution in [0.1, 0.15) is 35.3 Å². The third kappa shape index (κ3) is 2.80. The van der Waals surface area contributed by atoms with Crippen molar-refractivity contribution in [1.82, 2.24) is 15.5 Å². The van der Waals surface area contributed by atoms with Crippen LogP contribution in [-0.2, 0) is 12.8 Å². The molecule has 19 heavy (non-hydrogen) atoms. The monoisotopic (exact) mass is 277 g/mol.